The summed E-state index contributed by atoms with van der Waals surface area (Å²) in [4.78, 5) is 13.3. The molecule has 0 saturated heterocycles. The second-order valence-corrected chi connectivity index (χ2v) is 15.1. The van der Waals surface area contributed by atoms with Gasteiger partial charge >= 0.3 is 5.97 Å². The summed E-state index contributed by atoms with van der Waals surface area (Å²) in [5.74, 6) is -0.766. The molecule has 1 aliphatic rings. The van der Waals surface area contributed by atoms with Crippen molar-refractivity contribution in [2.24, 2.45) is 0 Å². The first-order valence-corrected chi connectivity index (χ1v) is 17.5. The van der Waals surface area contributed by atoms with Crippen LogP contribution in [0.25, 0.3) is 0 Å². The number of aryl methyl sites for hydroxylation is 2. The van der Waals surface area contributed by atoms with Gasteiger partial charge in [0.1, 0.15) is 0 Å². The molecule has 1 heterocycles. The maximum Gasteiger partial charge on any atom is 0.335 e. The Bertz CT molecular complexity index is 1950. The van der Waals surface area contributed by atoms with Crippen LogP contribution in [0.3, 0.4) is 0 Å². The number of halogens is 2. The van der Waals surface area contributed by atoms with Crippen molar-refractivity contribution in [1.82, 2.24) is 9.03 Å². The van der Waals surface area contributed by atoms with E-state index in [1.165, 1.54) is 37.5 Å². The number of carbonyl (C=O) groups is 1. The first-order chi connectivity index (χ1) is 21.3. The molecule has 0 fully saturated rings. The highest BCUT2D eigenvalue weighted by molar-refractivity contribution is 7.89. The van der Waals surface area contributed by atoms with Gasteiger partial charge in [-0.3, -0.25) is 0 Å². The molecule has 0 bridgehead atoms. The summed E-state index contributed by atoms with van der Waals surface area (Å²) in [6.45, 7) is 3.67. The van der Waals surface area contributed by atoms with Gasteiger partial charge < -0.3 is 4.74 Å². The molecule has 4 aromatic carbocycles. The average Bonchev–Trinajstić information content (AvgIpc) is 3.42. The van der Waals surface area contributed by atoms with E-state index in [1.807, 2.05) is 13.8 Å². The lowest BCUT2D eigenvalue weighted by molar-refractivity contribution is -0.136. The molecule has 1 unspecified atom stereocenters. The molecule has 12 heteroatoms. The molecule has 1 N–H and O–H groups in total. The normalized spacial score (nSPS) is 17.9. The van der Waals surface area contributed by atoms with Gasteiger partial charge in [0, 0.05) is 10.0 Å². The summed E-state index contributed by atoms with van der Waals surface area (Å²) in [6, 6.07) is 21.8. The molecule has 0 saturated carbocycles. The van der Waals surface area contributed by atoms with Gasteiger partial charge in [-0.15, -0.1) is 0 Å². The lowest BCUT2D eigenvalue weighted by Crippen LogP contribution is -2.46. The number of nitrogens with one attached hydrogen (secondary N) is 1. The van der Waals surface area contributed by atoms with Gasteiger partial charge in [0.05, 0.1) is 40.6 Å². The van der Waals surface area contributed by atoms with E-state index in [9.17, 15) is 21.6 Å². The van der Waals surface area contributed by atoms with Crippen molar-refractivity contribution in [3.8, 4) is 0 Å². The SMILES string of the molecule is COC(=O)C1=C[C@H](C(NS(=O)(=O)c2ccc(C)cc2)c2ccc(Cl)cc2)N(S(=O)(=O)c2ccc(C)cc2)[C@@H]1c1ccc(Cl)cc1. The Morgan fingerprint density at radius 2 is 1.24 bits per heavy atom. The second kappa shape index (κ2) is 13.1. The van der Waals surface area contributed by atoms with Crippen LogP contribution in [-0.4, -0.2) is 40.3 Å². The number of esters is 1. The predicted molar refractivity (Wildman–Crippen MR) is 174 cm³/mol. The van der Waals surface area contributed by atoms with E-state index >= 15 is 0 Å². The summed E-state index contributed by atoms with van der Waals surface area (Å²) >= 11 is 12.4. The Kier molecular flexibility index (Phi) is 9.55. The average molecular weight is 686 g/mol. The van der Waals surface area contributed by atoms with E-state index in [0.29, 0.717) is 21.2 Å². The highest BCUT2D eigenvalue weighted by Crippen LogP contribution is 2.45. The number of hydrogen-bond donors (Lipinski definition) is 1. The van der Waals surface area contributed by atoms with E-state index in [-0.39, 0.29) is 15.4 Å². The number of hydrogen-bond acceptors (Lipinski definition) is 6. The van der Waals surface area contributed by atoms with E-state index < -0.39 is 44.1 Å². The molecule has 0 amide bonds. The molecule has 0 spiro atoms. The van der Waals surface area contributed by atoms with Crippen molar-refractivity contribution < 1.29 is 26.4 Å². The van der Waals surface area contributed by atoms with Gasteiger partial charge in [-0.05, 0) is 73.5 Å². The monoisotopic (exact) mass is 684 g/mol. The van der Waals surface area contributed by atoms with Gasteiger partial charge in [0.25, 0.3) is 0 Å². The molecule has 1 aliphatic heterocycles. The third-order valence-corrected chi connectivity index (χ3v) is 11.4. The van der Waals surface area contributed by atoms with Crippen molar-refractivity contribution in [2.75, 3.05) is 7.11 Å². The zero-order valence-corrected chi connectivity index (χ0v) is 27.7. The van der Waals surface area contributed by atoms with Gasteiger partial charge in [0.2, 0.25) is 20.0 Å². The fourth-order valence-corrected chi connectivity index (χ4v) is 8.49. The van der Waals surface area contributed by atoms with Crippen molar-refractivity contribution in [2.45, 2.75) is 41.8 Å². The van der Waals surface area contributed by atoms with Gasteiger partial charge in [-0.1, -0.05) is 88.9 Å². The third kappa shape index (κ3) is 6.86. The zero-order chi connectivity index (χ0) is 32.5. The Morgan fingerprint density at radius 1 is 0.756 bits per heavy atom. The van der Waals surface area contributed by atoms with Crippen molar-refractivity contribution in [1.29, 1.82) is 0 Å². The summed E-state index contributed by atoms with van der Waals surface area (Å²) in [6.07, 6.45) is 1.45. The molecule has 3 atom stereocenters. The summed E-state index contributed by atoms with van der Waals surface area (Å²) in [5.41, 5.74) is 2.59. The Morgan fingerprint density at radius 3 is 1.76 bits per heavy atom. The van der Waals surface area contributed by atoms with Crippen LogP contribution in [0.5, 0.6) is 0 Å². The van der Waals surface area contributed by atoms with Crippen LogP contribution in [-0.2, 0) is 29.6 Å². The Balaban J connectivity index is 1.76. The van der Waals surface area contributed by atoms with Crippen molar-refractivity contribution >= 4 is 49.2 Å². The quantitative estimate of drug-likeness (QED) is 0.201. The maximum absolute atomic E-state index is 14.6. The van der Waals surface area contributed by atoms with Crippen molar-refractivity contribution in [3.05, 3.63) is 141 Å². The standard InChI is InChI=1S/C33H30Cl2N2O6S2/c1-21-4-16-27(17-5-21)44(39,40)36-31(23-8-12-25(34)13-9-23)30-20-29(33(38)43-3)32(24-10-14-26(35)15-11-24)37(30)45(41,42)28-18-6-22(2)7-19-28/h4-20,30-32,36H,1-3H3/t30-,31?,32-/m1/s1. The summed E-state index contributed by atoms with van der Waals surface area (Å²) < 4.78 is 66.0. The van der Waals surface area contributed by atoms with Gasteiger partial charge in [0.15, 0.2) is 0 Å². The molecular formula is C33H30Cl2N2O6S2. The molecule has 8 nitrogen and oxygen atoms in total. The smallest absolute Gasteiger partial charge is 0.335 e. The van der Waals surface area contributed by atoms with E-state index in [4.69, 9.17) is 27.9 Å². The van der Waals surface area contributed by atoms with E-state index in [1.54, 1.807) is 72.8 Å². The molecule has 0 aromatic heterocycles. The molecule has 0 aliphatic carbocycles. The summed E-state index contributed by atoms with van der Waals surface area (Å²) in [7, 11) is -7.40. The zero-order valence-electron chi connectivity index (χ0n) is 24.5. The van der Waals surface area contributed by atoms with Gasteiger partial charge in [-0.2, -0.15) is 4.31 Å². The van der Waals surface area contributed by atoms with Crippen LogP contribution in [0.15, 0.2) is 119 Å². The molecular weight excluding hydrogens is 655 g/mol. The fourth-order valence-electron chi connectivity index (χ4n) is 5.26. The minimum atomic E-state index is -4.39. The second-order valence-electron chi connectivity index (χ2n) is 10.7. The topological polar surface area (TPSA) is 110 Å². The number of nitrogens with zero attached hydrogens (tertiary/aromatic N) is 1. The van der Waals surface area contributed by atoms with Crippen LogP contribution in [0.4, 0.5) is 0 Å². The van der Waals surface area contributed by atoms with Crippen LogP contribution >= 0.6 is 23.2 Å². The van der Waals surface area contributed by atoms with Crippen LogP contribution < -0.4 is 4.72 Å². The highest BCUT2D eigenvalue weighted by Gasteiger charge is 2.50. The number of rotatable bonds is 9. The van der Waals surface area contributed by atoms with Crippen LogP contribution in [0, 0.1) is 13.8 Å². The largest absolute Gasteiger partial charge is 0.466 e. The molecule has 4 aromatic rings. The first kappa shape index (κ1) is 32.9. The number of ether oxygens (including phenoxy) is 1. The maximum atomic E-state index is 14.6. The van der Waals surface area contributed by atoms with Crippen LogP contribution in [0.1, 0.15) is 34.3 Å². The highest BCUT2D eigenvalue weighted by atomic mass is 35.5. The minimum Gasteiger partial charge on any atom is -0.466 e. The summed E-state index contributed by atoms with van der Waals surface area (Å²) in [5, 5.41) is 0.814. The fraction of sp³-hybridized carbons (Fsp3) is 0.182. The van der Waals surface area contributed by atoms with Crippen molar-refractivity contribution in [3.63, 3.8) is 0 Å². The molecule has 5 rings (SSSR count). The van der Waals surface area contributed by atoms with Crippen LogP contribution in [0.2, 0.25) is 10.0 Å². The lowest BCUT2D eigenvalue weighted by Gasteiger charge is -2.35. The molecule has 45 heavy (non-hydrogen) atoms. The number of benzene rings is 4. The Hall–Kier alpha value is -3.51. The number of methoxy groups -OCH3 is 1. The minimum absolute atomic E-state index is 0.00979. The predicted octanol–water partition coefficient (Wildman–Crippen LogP) is 6.54. The first-order valence-electron chi connectivity index (χ1n) is 13.8. The van der Waals surface area contributed by atoms with E-state index in [2.05, 4.69) is 4.72 Å². The number of sulfonamides is 2. The van der Waals surface area contributed by atoms with E-state index in [0.717, 1.165) is 15.4 Å². The molecule has 234 valence electrons. The lowest BCUT2D eigenvalue weighted by atomic mass is 10.00. The third-order valence-electron chi connectivity index (χ3n) is 7.58. The van der Waals surface area contributed by atoms with Gasteiger partial charge in [-0.25, -0.2) is 26.4 Å². The Labute approximate surface area is 273 Å². The number of carbonyl (C=O) groups excluding carboxylic acids is 1. The molecule has 0 radical (unpaired) electrons.